The molecule has 0 radical (unpaired) electrons. The van der Waals surface area contributed by atoms with Gasteiger partial charge in [0.2, 0.25) is 0 Å². The second-order valence-corrected chi connectivity index (χ2v) is 5.31. The Morgan fingerprint density at radius 3 is 2.27 bits per heavy atom. The van der Waals surface area contributed by atoms with Gasteiger partial charge in [0.25, 0.3) is 0 Å². The molecule has 1 N–H and O–H groups in total. The van der Waals surface area contributed by atoms with Gasteiger partial charge in [0.05, 0.1) is 6.61 Å². The lowest BCUT2D eigenvalue weighted by molar-refractivity contribution is 0.125. The second kappa shape index (κ2) is 5.31. The van der Waals surface area contributed by atoms with Crippen LogP contribution < -0.4 is 5.32 Å². The fourth-order valence-electron chi connectivity index (χ4n) is 2.46. The highest BCUT2D eigenvalue weighted by Gasteiger charge is 2.40. The molecule has 88 valence electrons. The van der Waals surface area contributed by atoms with E-state index in [1.54, 1.807) is 0 Å². The van der Waals surface area contributed by atoms with Crippen LogP contribution in [0.1, 0.15) is 39.5 Å². The summed E-state index contributed by atoms with van der Waals surface area (Å²) in [4.78, 5) is 0. The van der Waals surface area contributed by atoms with Crippen molar-refractivity contribution in [3.05, 3.63) is 0 Å². The molecule has 2 rings (SSSR count). The van der Waals surface area contributed by atoms with Crippen molar-refractivity contribution >= 4 is 0 Å². The van der Waals surface area contributed by atoms with Gasteiger partial charge in [-0.1, -0.05) is 0 Å². The van der Waals surface area contributed by atoms with Crippen LogP contribution in [0.15, 0.2) is 0 Å². The highest BCUT2D eigenvalue weighted by Crippen LogP contribution is 2.48. The standard InChI is InChI=1S/C13H25NO/c1-3-15-9-10(2)14-8-13(11-4-5-11)12-6-7-12/h10-14H,3-9H2,1-2H3. The van der Waals surface area contributed by atoms with Crippen LogP contribution in [-0.2, 0) is 4.74 Å². The van der Waals surface area contributed by atoms with Gasteiger partial charge in [-0.3, -0.25) is 0 Å². The Morgan fingerprint density at radius 1 is 1.20 bits per heavy atom. The van der Waals surface area contributed by atoms with E-state index in [1.807, 2.05) is 0 Å². The number of rotatable bonds is 8. The van der Waals surface area contributed by atoms with Gasteiger partial charge in [-0.15, -0.1) is 0 Å². The summed E-state index contributed by atoms with van der Waals surface area (Å²) in [6.45, 7) is 7.21. The first-order valence-corrected chi connectivity index (χ1v) is 6.62. The molecule has 2 saturated carbocycles. The van der Waals surface area contributed by atoms with Gasteiger partial charge in [0.1, 0.15) is 0 Å². The maximum Gasteiger partial charge on any atom is 0.0616 e. The summed E-state index contributed by atoms with van der Waals surface area (Å²) in [6, 6.07) is 0.518. The third-order valence-corrected chi connectivity index (χ3v) is 3.73. The second-order valence-electron chi connectivity index (χ2n) is 5.31. The average molecular weight is 211 g/mol. The highest BCUT2D eigenvalue weighted by molar-refractivity contribution is 4.92. The van der Waals surface area contributed by atoms with E-state index < -0.39 is 0 Å². The third kappa shape index (κ3) is 3.76. The zero-order valence-electron chi connectivity index (χ0n) is 10.2. The topological polar surface area (TPSA) is 21.3 Å². The van der Waals surface area contributed by atoms with Gasteiger partial charge in [0, 0.05) is 12.6 Å². The van der Waals surface area contributed by atoms with Crippen molar-refractivity contribution in [3.63, 3.8) is 0 Å². The van der Waals surface area contributed by atoms with Crippen LogP contribution in [0.5, 0.6) is 0 Å². The molecule has 2 aliphatic rings. The maximum atomic E-state index is 5.42. The van der Waals surface area contributed by atoms with Crippen LogP contribution in [0.4, 0.5) is 0 Å². The van der Waals surface area contributed by atoms with Gasteiger partial charge in [-0.2, -0.15) is 0 Å². The molecule has 2 fully saturated rings. The highest BCUT2D eigenvalue weighted by atomic mass is 16.5. The van der Waals surface area contributed by atoms with E-state index >= 15 is 0 Å². The molecule has 0 heterocycles. The Morgan fingerprint density at radius 2 is 1.80 bits per heavy atom. The van der Waals surface area contributed by atoms with Gasteiger partial charge in [0.15, 0.2) is 0 Å². The lowest BCUT2D eigenvalue weighted by Crippen LogP contribution is -2.35. The van der Waals surface area contributed by atoms with Gasteiger partial charge >= 0.3 is 0 Å². The molecule has 2 aliphatic carbocycles. The SMILES string of the molecule is CCOCC(C)NCC(C1CC1)C1CC1. The summed E-state index contributed by atoms with van der Waals surface area (Å²) in [5.41, 5.74) is 0. The van der Waals surface area contributed by atoms with Crippen molar-refractivity contribution in [2.75, 3.05) is 19.8 Å². The van der Waals surface area contributed by atoms with E-state index in [9.17, 15) is 0 Å². The Bertz CT molecular complexity index is 175. The molecule has 0 spiro atoms. The Kier molecular flexibility index (Phi) is 4.04. The van der Waals surface area contributed by atoms with Crippen molar-refractivity contribution in [3.8, 4) is 0 Å². The van der Waals surface area contributed by atoms with E-state index in [0.717, 1.165) is 31.0 Å². The number of nitrogens with one attached hydrogen (secondary N) is 1. The van der Waals surface area contributed by atoms with Crippen molar-refractivity contribution in [1.29, 1.82) is 0 Å². The molecule has 0 saturated heterocycles. The molecule has 0 bridgehead atoms. The number of ether oxygens (including phenoxy) is 1. The first kappa shape index (κ1) is 11.4. The summed E-state index contributed by atoms with van der Waals surface area (Å²) in [5.74, 6) is 3.10. The van der Waals surface area contributed by atoms with Crippen molar-refractivity contribution in [2.45, 2.75) is 45.6 Å². The molecule has 0 aliphatic heterocycles. The first-order valence-electron chi connectivity index (χ1n) is 6.62. The molecule has 15 heavy (non-hydrogen) atoms. The summed E-state index contributed by atoms with van der Waals surface area (Å²) in [5, 5.41) is 3.64. The van der Waals surface area contributed by atoms with Gasteiger partial charge in [-0.05, 0) is 63.8 Å². The Hall–Kier alpha value is -0.0800. The molecule has 0 aromatic rings. The van der Waals surface area contributed by atoms with Crippen LogP contribution in [0, 0.1) is 17.8 Å². The normalized spacial score (nSPS) is 23.4. The van der Waals surface area contributed by atoms with E-state index in [2.05, 4.69) is 19.2 Å². The minimum atomic E-state index is 0.518. The molecule has 0 amide bonds. The zero-order chi connectivity index (χ0) is 10.7. The molecular formula is C13H25NO. The number of hydrogen-bond acceptors (Lipinski definition) is 2. The molecule has 1 unspecified atom stereocenters. The lowest BCUT2D eigenvalue weighted by atomic mass is 9.98. The first-order chi connectivity index (χ1) is 7.31. The Labute approximate surface area is 93.8 Å². The summed E-state index contributed by atoms with van der Waals surface area (Å²) in [7, 11) is 0. The molecule has 0 aromatic heterocycles. The quantitative estimate of drug-likeness (QED) is 0.666. The van der Waals surface area contributed by atoms with Crippen molar-refractivity contribution < 1.29 is 4.74 Å². The van der Waals surface area contributed by atoms with Gasteiger partial charge in [-0.25, -0.2) is 0 Å². The molecule has 0 aromatic carbocycles. The minimum absolute atomic E-state index is 0.518. The fourth-order valence-corrected chi connectivity index (χ4v) is 2.46. The van der Waals surface area contributed by atoms with Crippen LogP contribution >= 0.6 is 0 Å². The monoisotopic (exact) mass is 211 g/mol. The average Bonchev–Trinajstić information content (AvgIpc) is 3.05. The fraction of sp³-hybridized carbons (Fsp3) is 1.00. The lowest BCUT2D eigenvalue weighted by Gasteiger charge is -2.20. The predicted molar refractivity (Wildman–Crippen MR) is 62.9 cm³/mol. The van der Waals surface area contributed by atoms with Crippen LogP contribution in [0.3, 0.4) is 0 Å². The number of hydrogen-bond donors (Lipinski definition) is 1. The third-order valence-electron chi connectivity index (χ3n) is 3.73. The molecule has 2 nitrogen and oxygen atoms in total. The summed E-state index contributed by atoms with van der Waals surface area (Å²) < 4.78 is 5.42. The van der Waals surface area contributed by atoms with Crippen LogP contribution in [0.2, 0.25) is 0 Å². The van der Waals surface area contributed by atoms with Gasteiger partial charge < -0.3 is 10.1 Å². The zero-order valence-corrected chi connectivity index (χ0v) is 10.2. The van der Waals surface area contributed by atoms with Crippen molar-refractivity contribution in [2.24, 2.45) is 17.8 Å². The van der Waals surface area contributed by atoms with Crippen molar-refractivity contribution in [1.82, 2.24) is 5.32 Å². The largest absolute Gasteiger partial charge is 0.380 e. The molecule has 1 atom stereocenters. The smallest absolute Gasteiger partial charge is 0.0616 e. The maximum absolute atomic E-state index is 5.42. The summed E-state index contributed by atoms with van der Waals surface area (Å²) in [6.07, 6.45) is 5.96. The summed E-state index contributed by atoms with van der Waals surface area (Å²) >= 11 is 0. The van der Waals surface area contributed by atoms with Crippen LogP contribution in [-0.4, -0.2) is 25.8 Å². The van der Waals surface area contributed by atoms with E-state index in [4.69, 9.17) is 4.74 Å². The molecule has 2 heteroatoms. The Balaban J connectivity index is 1.61. The van der Waals surface area contributed by atoms with E-state index in [0.29, 0.717) is 6.04 Å². The van der Waals surface area contributed by atoms with E-state index in [1.165, 1.54) is 32.2 Å². The predicted octanol–water partition coefficient (Wildman–Crippen LogP) is 2.44. The minimum Gasteiger partial charge on any atom is -0.380 e. The van der Waals surface area contributed by atoms with E-state index in [-0.39, 0.29) is 0 Å². The van der Waals surface area contributed by atoms with Crippen LogP contribution in [0.25, 0.3) is 0 Å². The molecular weight excluding hydrogens is 186 g/mol.